The van der Waals surface area contributed by atoms with E-state index in [0.717, 1.165) is 43.2 Å². The normalized spacial score (nSPS) is 19.4. The van der Waals surface area contributed by atoms with Crippen molar-refractivity contribution >= 4 is 23.0 Å². The lowest BCUT2D eigenvalue weighted by Crippen LogP contribution is -2.49. The fourth-order valence-electron chi connectivity index (χ4n) is 5.90. The van der Waals surface area contributed by atoms with Gasteiger partial charge >= 0.3 is 0 Å². The van der Waals surface area contributed by atoms with Crippen LogP contribution < -0.4 is 19.1 Å². The average Bonchev–Trinajstić information content (AvgIpc) is 3.46. The number of nitriles is 1. The zero-order chi connectivity index (χ0) is 30.8. The monoisotopic (exact) mass is 596 g/mol. The van der Waals surface area contributed by atoms with Gasteiger partial charge in [0.1, 0.15) is 5.75 Å². The number of para-hydroxylation sites is 2. The van der Waals surface area contributed by atoms with Crippen molar-refractivity contribution in [1.82, 2.24) is 9.91 Å². The van der Waals surface area contributed by atoms with Gasteiger partial charge in [-0.3, -0.25) is 19.8 Å². The summed E-state index contributed by atoms with van der Waals surface area (Å²) >= 11 is 0. The molecule has 1 amide bonds. The minimum Gasteiger partial charge on any atom is -0.495 e. The molecule has 0 spiro atoms. The fraction of sp³-hybridized carbons (Fsp3) is 0.344. The highest BCUT2D eigenvalue weighted by Gasteiger charge is 2.41. The van der Waals surface area contributed by atoms with Crippen LogP contribution >= 0.6 is 0 Å². The molecule has 3 heterocycles. The summed E-state index contributed by atoms with van der Waals surface area (Å²) in [7, 11) is 1.67. The topological polar surface area (TPSA) is 134 Å². The molecular formula is C32H32N6O6. The third-order valence-corrected chi connectivity index (χ3v) is 8.32. The summed E-state index contributed by atoms with van der Waals surface area (Å²) in [6, 6.07) is 19.9. The van der Waals surface area contributed by atoms with E-state index in [1.54, 1.807) is 32.2 Å². The molecule has 1 saturated heterocycles. The Morgan fingerprint density at radius 1 is 1.09 bits per heavy atom. The maximum absolute atomic E-state index is 13.9. The lowest BCUT2D eigenvalue weighted by Gasteiger charge is -2.37. The lowest BCUT2D eigenvalue weighted by molar-refractivity contribution is -0.384. The highest BCUT2D eigenvalue weighted by Crippen LogP contribution is 2.39. The maximum atomic E-state index is 13.9. The number of nitro groups is 1. The second kappa shape index (κ2) is 11.9. The van der Waals surface area contributed by atoms with Crippen LogP contribution in [0.5, 0.6) is 17.2 Å². The molecule has 44 heavy (non-hydrogen) atoms. The number of anilines is 1. The summed E-state index contributed by atoms with van der Waals surface area (Å²) in [5, 5.41) is 27.8. The molecule has 0 bridgehead atoms. The Bertz CT molecular complexity index is 1660. The molecule has 226 valence electrons. The Morgan fingerprint density at radius 2 is 1.80 bits per heavy atom. The molecule has 1 fully saturated rings. The van der Waals surface area contributed by atoms with Crippen molar-refractivity contribution in [3.8, 4) is 23.3 Å². The number of non-ortho nitro benzene ring substituents is 1. The van der Waals surface area contributed by atoms with Crippen LogP contribution in [0.25, 0.3) is 0 Å². The van der Waals surface area contributed by atoms with Crippen LogP contribution in [-0.4, -0.2) is 78.6 Å². The van der Waals surface area contributed by atoms with E-state index in [9.17, 15) is 20.2 Å². The summed E-state index contributed by atoms with van der Waals surface area (Å²) in [6.07, 6.45) is 0.376. The number of piperazine rings is 1. The van der Waals surface area contributed by atoms with Gasteiger partial charge in [0.05, 0.1) is 29.5 Å². The third kappa shape index (κ3) is 5.49. The molecular weight excluding hydrogens is 564 g/mol. The van der Waals surface area contributed by atoms with Crippen LogP contribution in [0.4, 0.5) is 11.4 Å². The number of hydrogen-bond acceptors (Lipinski definition) is 10. The van der Waals surface area contributed by atoms with Crippen molar-refractivity contribution in [2.45, 2.75) is 25.3 Å². The van der Waals surface area contributed by atoms with Gasteiger partial charge in [-0.15, -0.1) is 0 Å². The molecule has 6 rings (SSSR count). The quantitative estimate of drug-likeness (QED) is 0.293. The number of methoxy groups -OCH3 is 1. The van der Waals surface area contributed by atoms with Gasteiger partial charge in [0, 0.05) is 68.8 Å². The van der Waals surface area contributed by atoms with Crippen molar-refractivity contribution in [2.24, 2.45) is 5.10 Å². The standard InChI is InChI=1S/C32H32N6O6/c1-32(20-33)19-23-17-28-29(44-21-43-28)18-25(23)31(22-7-9-24(10-8-22)38(40)41)34-37(32)30(39)11-12-35-13-15-36(16-14-35)26-5-3-4-6-27(26)42-2/h3-10,17-18H,11-16,19,21H2,1-2H3. The Labute approximate surface area is 254 Å². The molecule has 3 aromatic carbocycles. The van der Waals surface area contributed by atoms with Crippen molar-refractivity contribution < 1.29 is 23.9 Å². The van der Waals surface area contributed by atoms with Crippen LogP contribution in [0.2, 0.25) is 0 Å². The number of fused-ring (bicyclic) bond motifs is 2. The van der Waals surface area contributed by atoms with Crippen molar-refractivity contribution in [1.29, 1.82) is 5.26 Å². The van der Waals surface area contributed by atoms with Crippen LogP contribution in [0.1, 0.15) is 30.0 Å². The molecule has 0 radical (unpaired) electrons. The van der Waals surface area contributed by atoms with Gasteiger partial charge in [0.15, 0.2) is 17.0 Å². The van der Waals surface area contributed by atoms with Gasteiger partial charge in [0.2, 0.25) is 12.7 Å². The van der Waals surface area contributed by atoms with Gasteiger partial charge < -0.3 is 19.1 Å². The van der Waals surface area contributed by atoms with E-state index in [-0.39, 0.29) is 31.2 Å². The predicted octanol–water partition coefficient (Wildman–Crippen LogP) is 3.96. The van der Waals surface area contributed by atoms with Gasteiger partial charge in [-0.2, -0.15) is 10.4 Å². The smallest absolute Gasteiger partial charge is 0.269 e. The van der Waals surface area contributed by atoms with Crippen molar-refractivity contribution in [3.05, 3.63) is 87.5 Å². The number of carbonyl (C=O) groups is 1. The van der Waals surface area contributed by atoms with E-state index in [1.807, 2.05) is 30.3 Å². The average molecular weight is 597 g/mol. The van der Waals surface area contributed by atoms with Gasteiger partial charge in [-0.1, -0.05) is 12.1 Å². The predicted molar refractivity (Wildman–Crippen MR) is 162 cm³/mol. The summed E-state index contributed by atoms with van der Waals surface area (Å²) < 4.78 is 16.7. The van der Waals surface area contributed by atoms with Gasteiger partial charge in [0.25, 0.3) is 5.69 Å². The number of nitrogens with zero attached hydrogens (tertiary/aromatic N) is 6. The molecule has 3 aliphatic rings. The largest absolute Gasteiger partial charge is 0.495 e. The molecule has 0 saturated carbocycles. The molecule has 3 aliphatic heterocycles. The van der Waals surface area contributed by atoms with Gasteiger partial charge in [-0.05, 0) is 48.9 Å². The second-order valence-electron chi connectivity index (χ2n) is 11.1. The number of hydrazone groups is 1. The Balaban J connectivity index is 1.25. The Kier molecular flexibility index (Phi) is 7.80. The number of carbonyl (C=O) groups excluding carboxylic acids is 1. The Morgan fingerprint density at radius 3 is 2.48 bits per heavy atom. The number of benzene rings is 3. The molecule has 1 atom stereocenters. The first-order chi connectivity index (χ1) is 21.3. The summed E-state index contributed by atoms with van der Waals surface area (Å²) in [4.78, 5) is 29.2. The summed E-state index contributed by atoms with van der Waals surface area (Å²) in [6.45, 7) is 5.43. The van der Waals surface area contributed by atoms with Crippen LogP contribution in [0, 0.1) is 21.4 Å². The van der Waals surface area contributed by atoms with E-state index >= 15 is 0 Å². The van der Waals surface area contributed by atoms with Crippen molar-refractivity contribution in [2.75, 3.05) is 51.5 Å². The number of rotatable bonds is 7. The van der Waals surface area contributed by atoms with Crippen LogP contribution in [0.15, 0.2) is 65.8 Å². The highest BCUT2D eigenvalue weighted by molar-refractivity contribution is 6.14. The molecule has 12 heteroatoms. The Hall–Kier alpha value is -5.15. The molecule has 1 unspecified atom stereocenters. The first-order valence-corrected chi connectivity index (χ1v) is 14.4. The highest BCUT2D eigenvalue weighted by atomic mass is 16.7. The van der Waals surface area contributed by atoms with Crippen LogP contribution in [0.3, 0.4) is 0 Å². The van der Waals surface area contributed by atoms with Crippen LogP contribution in [-0.2, 0) is 11.2 Å². The zero-order valence-corrected chi connectivity index (χ0v) is 24.6. The van der Waals surface area contributed by atoms with Gasteiger partial charge in [-0.25, -0.2) is 5.01 Å². The molecule has 0 aliphatic carbocycles. The van der Waals surface area contributed by atoms with E-state index in [1.165, 1.54) is 17.1 Å². The lowest BCUT2D eigenvalue weighted by atomic mass is 9.88. The number of hydrogen-bond donors (Lipinski definition) is 0. The van der Waals surface area contributed by atoms with E-state index in [2.05, 4.69) is 15.9 Å². The third-order valence-electron chi connectivity index (χ3n) is 8.32. The van der Waals surface area contributed by atoms with E-state index in [4.69, 9.17) is 19.3 Å². The zero-order valence-electron chi connectivity index (χ0n) is 24.6. The fourth-order valence-corrected chi connectivity index (χ4v) is 5.90. The van der Waals surface area contributed by atoms with E-state index < -0.39 is 10.5 Å². The summed E-state index contributed by atoms with van der Waals surface area (Å²) in [5.74, 6) is 1.63. The molecule has 3 aromatic rings. The second-order valence-corrected chi connectivity index (χ2v) is 11.1. The minimum atomic E-state index is -1.29. The first kappa shape index (κ1) is 28.9. The molecule has 0 aromatic heterocycles. The SMILES string of the molecule is COc1ccccc1N1CCN(CCC(=O)N2N=C(c3ccc([N+](=O)[O-])cc3)c3cc4c(cc3CC2(C)C#N)OCO4)CC1. The maximum Gasteiger partial charge on any atom is 0.269 e. The number of ether oxygens (including phenoxy) is 3. The molecule has 12 nitrogen and oxygen atoms in total. The first-order valence-electron chi connectivity index (χ1n) is 14.4. The summed E-state index contributed by atoms with van der Waals surface area (Å²) in [5.41, 5.74) is 2.13. The number of nitro benzene ring substituents is 1. The van der Waals surface area contributed by atoms with E-state index in [0.29, 0.717) is 34.9 Å². The molecule has 0 N–H and O–H groups in total. The number of amides is 1. The minimum absolute atomic E-state index is 0.0607. The van der Waals surface area contributed by atoms with Crippen molar-refractivity contribution in [3.63, 3.8) is 0 Å².